The van der Waals surface area contributed by atoms with Gasteiger partial charge in [-0.2, -0.15) is 0 Å². The average molecular weight is 233 g/mol. The summed E-state index contributed by atoms with van der Waals surface area (Å²) < 4.78 is 0. The number of nitrogens with one attached hydrogen (secondary N) is 2. The monoisotopic (exact) mass is 233 g/mol. The zero-order chi connectivity index (χ0) is 12.3. The summed E-state index contributed by atoms with van der Waals surface area (Å²) in [5.74, 6) is 0.570. The largest absolute Gasteiger partial charge is 0.385 e. The van der Waals surface area contributed by atoms with Crippen LogP contribution in [0.3, 0.4) is 0 Å². The van der Waals surface area contributed by atoms with Crippen molar-refractivity contribution in [3.63, 3.8) is 0 Å². The average Bonchev–Trinajstić information content (AvgIpc) is 2.35. The van der Waals surface area contributed by atoms with Crippen molar-refractivity contribution in [3.05, 3.63) is 23.8 Å². The number of hydrogen-bond acceptors (Lipinski definition) is 3. The molecule has 1 unspecified atom stereocenters. The van der Waals surface area contributed by atoms with E-state index < -0.39 is 0 Å². The first-order valence-corrected chi connectivity index (χ1v) is 6.05. The number of fused-ring (bicyclic) bond motifs is 1. The number of anilines is 2. The van der Waals surface area contributed by atoms with E-state index in [1.807, 2.05) is 12.1 Å². The first-order chi connectivity index (χ1) is 8.19. The van der Waals surface area contributed by atoms with E-state index in [1.54, 1.807) is 0 Å². The molecule has 0 fully saturated rings. The summed E-state index contributed by atoms with van der Waals surface area (Å²) in [6, 6.07) is 6.06. The quantitative estimate of drug-likeness (QED) is 0.739. The molecule has 1 atom stereocenters. The Bertz CT molecular complexity index is 417. The summed E-state index contributed by atoms with van der Waals surface area (Å²) in [6.45, 7) is 3.68. The molecule has 1 aliphatic rings. The van der Waals surface area contributed by atoms with E-state index in [-0.39, 0.29) is 5.91 Å². The number of amides is 1. The second kappa shape index (κ2) is 5.19. The fraction of sp³-hybridized carbons (Fsp3) is 0.462. The highest BCUT2D eigenvalue weighted by molar-refractivity contribution is 5.94. The summed E-state index contributed by atoms with van der Waals surface area (Å²) in [6.07, 6.45) is 1.40. The predicted octanol–water partition coefficient (Wildman–Crippen LogP) is 1.58. The Morgan fingerprint density at radius 2 is 2.29 bits per heavy atom. The van der Waals surface area contributed by atoms with Crippen LogP contribution in [-0.2, 0) is 11.2 Å². The van der Waals surface area contributed by atoms with Gasteiger partial charge in [-0.05, 0) is 42.6 Å². The third kappa shape index (κ3) is 2.97. The Balaban J connectivity index is 2.04. The van der Waals surface area contributed by atoms with Crippen LogP contribution in [0, 0.1) is 5.92 Å². The van der Waals surface area contributed by atoms with Crippen LogP contribution in [0.25, 0.3) is 0 Å². The van der Waals surface area contributed by atoms with Gasteiger partial charge in [0.2, 0.25) is 5.91 Å². The van der Waals surface area contributed by atoms with Crippen molar-refractivity contribution in [2.24, 2.45) is 11.7 Å². The molecular formula is C13H19N3O. The van der Waals surface area contributed by atoms with Gasteiger partial charge in [-0.3, -0.25) is 4.79 Å². The van der Waals surface area contributed by atoms with E-state index in [0.29, 0.717) is 18.9 Å². The van der Waals surface area contributed by atoms with Crippen LogP contribution >= 0.6 is 0 Å². The maximum Gasteiger partial charge on any atom is 0.224 e. The van der Waals surface area contributed by atoms with Gasteiger partial charge in [-0.25, -0.2) is 0 Å². The van der Waals surface area contributed by atoms with Crippen molar-refractivity contribution >= 4 is 17.3 Å². The zero-order valence-corrected chi connectivity index (χ0v) is 10.1. The van der Waals surface area contributed by atoms with Crippen molar-refractivity contribution in [2.45, 2.75) is 19.8 Å². The number of hydrogen-bond donors (Lipinski definition) is 3. The Hall–Kier alpha value is -1.55. The third-order valence-electron chi connectivity index (χ3n) is 3.06. The van der Waals surface area contributed by atoms with Gasteiger partial charge in [0.25, 0.3) is 0 Å². The van der Waals surface area contributed by atoms with E-state index >= 15 is 0 Å². The number of rotatable bonds is 4. The summed E-state index contributed by atoms with van der Waals surface area (Å²) in [7, 11) is 0. The molecule has 1 aromatic rings. The number of carbonyl (C=O) groups excluding carboxylic acids is 1. The van der Waals surface area contributed by atoms with Gasteiger partial charge < -0.3 is 16.4 Å². The van der Waals surface area contributed by atoms with Gasteiger partial charge in [0, 0.05) is 24.3 Å². The van der Waals surface area contributed by atoms with Crippen LogP contribution in [0.5, 0.6) is 0 Å². The van der Waals surface area contributed by atoms with E-state index in [4.69, 9.17) is 5.73 Å². The first-order valence-electron chi connectivity index (χ1n) is 6.05. The van der Waals surface area contributed by atoms with Crippen LogP contribution in [0.4, 0.5) is 11.4 Å². The molecule has 4 heteroatoms. The predicted molar refractivity (Wildman–Crippen MR) is 70.1 cm³/mol. The van der Waals surface area contributed by atoms with Crippen LogP contribution in [0.1, 0.15) is 18.9 Å². The number of carbonyl (C=O) groups is 1. The molecule has 0 aliphatic carbocycles. The first kappa shape index (κ1) is 11.9. The molecule has 92 valence electrons. The molecule has 0 bridgehead atoms. The van der Waals surface area contributed by atoms with Gasteiger partial charge in [0.1, 0.15) is 0 Å². The lowest BCUT2D eigenvalue weighted by Gasteiger charge is -2.18. The van der Waals surface area contributed by atoms with Gasteiger partial charge in [0.05, 0.1) is 0 Å². The summed E-state index contributed by atoms with van der Waals surface area (Å²) in [4.78, 5) is 11.2. The molecule has 0 saturated carbocycles. The Kier molecular flexibility index (Phi) is 3.64. The molecule has 0 aromatic heterocycles. The normalized spacial score (nSPS) is 16.0. The van der Waals surface area contributed by atoms with Crippen LogP contribution < -0.4 is 16.4 Å². The zero-order valence-electron chi connectivity index (χ0n) is 10.1. The summed E-state index contributed by atoms with van der Waals surface area (Å²) >= 11 is 0. The van der Waals surface area contributed by atoms with Crippen LogP contribution in [-0.4, -0.2) is 19.0 Å². The summed E-state index contributed by atoms with van der Waals surface area (Å²) in [5.41, 5.74) is 8.82. The van der Waals surface area contributed by atoms with E-state index in [0.717, 1.165) is 24.3 Å². The molecule has 4 N–H and O–H groups in total. The molecule has 1 amide bonds. The van der Waals surface area contributed by atoms with Crippen molar-refractivity contribution in [3.8, 4) is 0 Å². The highest BCUT2D eigenvalue weighted by Gasteiger charge is 2.14. The van der Waals surface area contributed by atoms with Crippen molar-refractivity contribution in [1.82, 2.24) is 0 Å². The lowest BCUT2D eigenvalue weighted by molar-refractivity contribution is -0.116. The minimum absolute atomic E-state index is 0.106. The number of aryl methyl sites for hydroxylation is 1. The fourth-order valence-corrected chi connectivity index (χ4v) is 1.87. The van der Waals surface area contributed by atoms with E-state index in [9.17, 15) is 4.79 Å². The Labute approximate surface area is 102 Å². The lowest BCUT2D eigenvalue weighted by Crippen LogP contribution is -2.21. The molecule has 1 aliphatic heterocycles. The highest BCUT2D eigenvalue weighted by Crippen LogP contribution is 2.25. The third-order valence-corrected chi connectivity index (χ3v) is 3.06. The number of benzene rings is 1. The summed E-state index contributed by atoms with van der Waals surface area (Å²) in [5, 5.41) is 6.24. The molecule has 4 nitrogen and oxygen atoms in total. The molecular weight excluding hydrogens is 214 g/mol. The fourth-order valence-electron chi connectivity index (χ4n) is 1.87. The maximum absolute atomic E-state index is 11.2. The minimum Gasteiger partial charge on any atom is -0.385 e. The minimum atomic E-state index is 0.106. The second-order valence-corrected chi connectivity index (χ2v) is 4.64. The number of nitrogens with two attached hydrogens (primary N) is 1. The highest BCUT2D eigenvalue weighted by atomic mass is 16.1. The molecule has 17 heavy (non-hydrogen) atoms. The maximum atomic E-state index is 11.2. The van der Waals surface area contributed by atoms with Gasteiger partial charge in [-0.1, -0.05) is 6.92 Å². The SMILES string of the molecule is CC(CN)CNc1ccc2c(c1)CCC(=O)N2. The van der Waals surface area contributed by atoms with Crippen LogP contribution in [0.2, 0.25) is 0 Å². The standard InChI is InChI=1S/C13H19N3O/c1-9(7-14)8-15-11-3-4-12-10(6-11)2-5-13(17)16-12/h3-4,6,9,15H,2,5,7-8,14H2,1H3,(H,16,17). The van der Waals surface area contributed by atoms with E-state index in [2.05, 4.69) is 23.6 Å². The molecule has 2 rings (SSSR count). The van der Waals surface area contributed by atoms with Crippen molar-refractivity contribution in [2.75, 3.05) is 23.7 Å². The van der Waals surface area contributed by atoms with Crippen molar-refractivity contribution < 1.29 is 4.79 Å². The second-order valence-electron chi connectivity index (χ2n) is 4.64. The van der Waals surface area contributed by atoms with Gasteiger partial charge in [-0.15, -0.1) is 0 Å². The molecule has 0 saturated heterocycles. The van der Waals surface area contributed by atoms with E-state index in [1.165, 1.54) is 5.56 Å². The van der Waals surface area contributed by atoms with Gasteiger partial charge in [0.15, 0.2) is 0 Å². The lowest BCUT2D eigenvalue weighted by atomic mass is 10.0. The van der Waals surface area contributed by atoms with Crippen molar-refractivity contribution in [1.29, 1.82) is 0 Å². The Morgan fingerprint density at radius 3 is 3.06 bits per heavy atom. The molecule has 0 spiro atoms. The molecule has 1 heterocycles. The molecule has 0 radical (unpaired) electrons. The topological polar surface area (TPSA) is 67.1 Å². The smallest absolute Gasteiger partial charge is 0.224 e. The van der Waals surface area contributed by atoms with Gasteiger partial charge >= 0.3 is 0 Å². The Morgan fingerprint density at radius 1 is 1.47 bits per heavy atom. The van der Waals surface area contributed by atoms with Crippen LogP contribution in [0.15, 0.2) is 18.2 Å². The molecule has 1 aromatic carbocycles.